The Balaban J connectivity index is 1.72. The lowest BCUT2D eigenvalue weighted by atomic mass is 9.44. The first-order valence-corrected chi connectivity index (χ1v) is 10.2. The lowest BCUT2D eigenvalue weighted by molar-refractivity contribution is -0.0737. The molecule has 2 saturated carbocycles. The first-order valence-electron chi connectivity index (χ1n) is 10.2. The smallest absolute Gasteiger partial charge is 0.00798 e. The molecule has 5 atom stereocenters. The highest BCUT2D eigenvalue weighted by molar-refractivity contribution is 5.34. The van der Waals surface area contributed by atoms with Crippen LogP contribution in [-0.2, 0) is 0 Å². The van der Waals surface area contributed by atoms with Crippen molar-refractivity contribution < 1.29 is 0 Å². The molecular formula is C22H36. The summed E-state index contributed by atoms with van der Waals surface area (Å²) in [6.07, 6.45) is 14.9. The van der Waals surface area contributed by atoms with Crippen molar-refractivity contribution >= 4 is 0 Å². The molecule has 0 heterocycles. The van der Waals surface area contributed by atoms with Crippen molar-refractivity contribution in [3.05, 3.63) is 11.1 Å². The van der Waals surface area contributed by atoms with E-state index in [9.17, 15) is 0 Å². The molecule has 0 aliphatic heterocycles. The van der Waals surface area contributed by atoms with Gasteiger partial charge >= 0.3 is 0 Å². The summed E-state index contributed by atoms with van der Waals surface area (Å²) in [6.45, 7) is 10.3. The van der Waals surface area contributed by atoms with E-state index in [0.29, 0.717) is 10.8 Å². The van der Waals surface area contributed by atoms with Crippen LogP contribution in [0.4, 0.5) is 0 Å². The van der Waals surface area contributed by atoms with Gasteiger partial charge in [0.15, 0.2) is 0 Å². The molecule has 124 valence electrons. The van der Waals surface area contributed by atoms with Crippen molar-refractivity contribution in [2.45, 2.75) is 91.9 Å². The van der Waals surface area contributed by atoms with Gasteiger partial charge < -0.3 is 0 Å². The van der Waals surface area contributed by atoms with Gasteiger partial charge in [-0.2, -0.15) is 0 Å². The van der Waals surface area contributed by atoms with E-state index in [-0.39, 0.29) is 0 Å². The molecule has 0 aromatic rings. The number of hydrogen-bond donors (Lipinski definition) is 0. The van der Waals surface area contributed by atoms with Crippen LogP contribution in [0.2, 0.25) is 0 Å². The van der Waals surface area contributed by atoms with Crippen molar-refractivity contribution in [1.82, 2.24) is 0 Å². The topological polar surface area (TPSA) is 0 Å². The second kappa shape index (κ2) is 5.12. The fourth-order valence-electron chi connectivity index (χ4n) is 7.63. The normalized spacial score (nSPS) is 48.1. The van der Waals surface area contributed by atoms with Crippen molar-refractivity contribution in [2.75, 3.05) is 0 Å². The summed E-state index contributed by atoms with van der Waals surface area (Å²) in [5.41, 5.74) is 5.14. The Morgan fingerprint density at radius 2 is 1.73 bits per heavy atom. The summed E-state index contributed by atoms with van der Waals surface area (Å²) in [5.74, 6) is 3.81. The van der Waals surface area contributed by atoms with E-state index in [2.05, 4.69) is 27.7 Å². The molecule has 22 heavy (non-hydrogen) atoms. The van der Waals surface area contributed by atoms with Gasteiger partial charge in [-0.3, -0.25) is 0 Å². The first kappa shape index (κ1) is 15.3. The van der Waals surface area contributed by atoms with Gasteiger partial charge in [0.1, 0.15) is 0 Å². The SMILES string of the molecule is CC(C)[C@@H]1CCC2=C1CC[C@@H]1[C@@]3(C)CCCC[C@@H]3CC[C@@]21C. The second-order valence-corrected chi connectivity index (χ2v) is 9.89. The molecule has 4 aliphatic carbocycles. The Bertz CT molecular complexity index is 484. The molecular weight excluding hydrogens is 264 g/mol. The van der Waals surface area contributed by atoms with Gasteiger partial charge in [-0.15, -0.1) is 0 Å². The molecule has 0 aromatic heterocycles. The van der Waals surface area contributed by atoms with E-state index in [1.165, 1.54) is 64.2 Å². The highest BCUT2D eigenvalue weighted by Crippen LogP contribution is 2.67. The van der Waals surface area contributed by atoms with Crippen molar-refractivity contribution in [1.29, 1.82) is 0 Å². The van der Waals surface area contributed by atoms with Crippen molar-refractivity contribution in [3.63, 3.8) is 0 Å². The van der Waals surface area contributed by atoms with Gasteiger partial charge in [0.05, 0.1) is 0 Å². The van der Waals surface area contributed by atoms with Gasteiger partial charge in [0.2, 0.25) is 0 Å². The third kappa shape index (κ3) is 1.94. The Hall–Kier alpha value is -0.260. The molecule has 0 heteroatoms. The maximum atomic E-state index is 2.69. The fraction of sp³-hybridized carbons (Fsp3) is 0.909. The standard InChI is InChI=1S/C22H36/c1-15(2)17-8-10-19-18(17)9-11-20-21(3)13-6-5-7-16(21)12-14-22(19,20)4/h15-17,20H,5-14H2,1-4H3/t16-,17+,20-,21+,22+/m1/s1. The Kier molecular flexibility index (Phi) is 3.55. The van der Waals surface area contributed by atoms with Crippen molar-refractivity contribution in [3.8, 4) is 0 Å². The summed E-state index contributed by atoms with van der Waals surface area (Å²) in [5, 5.41) is 0. The Morgan fingerprint density at radius 3 is 2.50 bits per heavy atom. The molecule has 4 rings (SSSR count). The van der Waals surface area contributed by atoms with Gasteiger partial charge in [-0.25, -0.2) is 0 Å². The minimum atomic E-state index is 0.569. The second-order valence-electron chi connectivity index (χ2n) is 9.89. The van der Waals surface area contributed by atoms with E-state index in [1.54, 1.807) is 0 Å². The number of fused-ring (bicyclic) bond motifs is 4. The van der Waals surface area contributed by atoms with Gasteiger partial charge in [-0.05, 0) is 85.9 Å². The lowest BCUT2D eigenvalue weighted by Crippen LogP contribution is -2.52. The molecule has 0 nitrogen and oxygen atoms in total. The average Bonchev–Trinajstić information content (AvgIpc) is 2.92. The van der Waals surface area contributed by atoms with Crippen LogP contribution in [0.15, 0.2) is 11.1 Å². The predicted molar refractivity (Wildman–Crippen MR) is 94.7 cm³/mol. The fourth-order valence-corrected chi connectivity index (χ4v) is 7.63. The van der Waals surface area contributed by atoms with Crippen LogP contribution in [0.3, 0.4) is 0 Å². The van der Waals surface area contributed by atoms with Crippen LogP contribution < -0.4 is 0 Å². The van der Waals surface area contributed by atoms with E-state index in [4.69, 9.17) is 0 Å². The van der Waals surface area contributed by atoms with Crippen molar-refractivity contribution in [2.24, 2.45) is 34.5 Å². The van der Waals surface area contributed by atoms with Crippen LogP contribution in [-0.4, -0.2) is 0 Å². The first-order chi connectivity index (χ1) is 10.5. The maximum absolute atomic E-state index is 2.69. The highest BCUT2D eigenvalue weighted by atomic mass is 14.6. The number of allylic oxidation sites excluding steroid dienone is 2. The van der Waals surface area contributed by atoms with Gasteiger partial charge in [0.25, 0.3) is 0 Å². The summed E-state index contributed by atoms with van der Waals surface area (Å²) < 4.78 is 0. The molecule has 4 aliphatic rings. The third-order valence-electron chi connectivity index (χ3n) is 8.76. The largest absolute Gasteiger partial charge is 0.0671 e. The van der Waals surface area contributed by atoms with Crippen LogP contribution in [0.25, 0.3) is 0 Å². The third-order valence-corrected chi connectivity index (χ3v) is 8.76. The Morgan fingerprint density at radius 1 is 0.909 bits per heavy atom. The molecule has 0 N–H and O–H groups in total. The molecule has 0 unspecified atom stereocenters. The molecule has 0 spiro atoms. The van der Waals surface area contributed by atoms with E-state index < -0.39 is 0 Å². The molecule has 2 fully saturated rings. The summed E-state index contributed by atoms with van der Waals surface area (Å²) in [7, 11) is 0. The number of hydrogen-bond acceptors (Lipinski definition) is 0. The quantitative estimate of drug-likeness (QED) is 0.469. The van der Waals surface area contributed by atoms with Crippen LogP contribution in [0.1, 0.15) is 91.9 Å². The molecule has 0 saturated heterocycles. The highest BCUT2D eigenvalue weighted by Gasteiger charge is 2.57. The maximum Gasteiger partial charge on any atom is -0.00798 e. The number of rotatable bonds is 1. The van der Waals surface area contributed by atoms with Crippen LogP contribution >= 0.6 is 0 Å². The summed E-state index contributed by atoms with van der Waals surface area (Å²) >= 11 is 0. The Labute approximate surface area is 138 Å². The summed E-state index contributed by atoms with van der Waals surface area (Å²) in [4.78, 5) is 0. The van der Waals surface area contributed by atoms with E-state index in [1.807, 2.05) is 11.1 Å². The van der Waals surface area contributed by atoms with Gasteiger partial charge in [-0.1, -0.05) is 51.7 Å². The molecule has 0 radical (unpaired) electrons. The average molecular weight is 301 g/mol. The van der Waals surface area contributed by atoms with E-state index in [0.717, 1.165) is 23.7 Å². The van der Waals surface area contributed by atoms with E-state index >= 15 is 0 Å². The van der Waals surface area contributed by atoms with Crippen LogP contribution in [0, 0.1) is 34.5 Å². The minimum absolute atomic E-state index is 0.569. The predicted octanol–water partition coefficient (Wildman–Crippen LogP) is 6.76. The molecule has 0 amide bonds. The minimum Gasteiger partial charge on any atom is -0.0671 e. The van der Waals surface area contributed by atoms with Gasteiger partial charge in [0, 0.05) is 0 Å². The zero-order chi connectivity index (χ0) is 15.5. The monoisotopic (exact) mass is 300 g/mol. The van der Waals surface area contributed by atoms with Crippen LogP contribution in [0.5, 0.6) is 0 Å². The zero-order valence-corrected chi connectivity index (χ0v) is 15.4. The molecule has 0 aromatic carbocycles. The molecule has 0 bridgehead atoms. The summed E-state index contributed by atoms with van der Waals surface area (Å²) in [6, 6.07) is 0. The lowest BCUT2D eigenvalue weighted by Gasteiger charge is -2.61. The zero-order valence-electron chi connectivity index (χ0n) is 15.4.